The van der Waals surface area contributed by atoms with Crippen LogP contribution in [-0.2, 0) is 33.2 Å². The molecule has 35 heavy (non-hydrogen) atoms. The number of carboxylic acids is 1. The molecule has 0 bridgehead atoms. The Morgan fingerprint density at radius 3 is 2.31 bits per heavy atom. The fraction of sp³-hybridized carbons (Fsp3) is 0.333. The molecule has 0 atom stereocenters. The minimum absolute atomic E-state index is 0.00847. The molecule has 3 rings (SSSR count). The molecule has 0 fully saturated rings. The van der Waals surface area contributed by atoms with Crippen LogP contribution in [0.2, 0.25) is 0 Å². The molecule has 0 unspecified atom stereocenters. The van der Waals surface area contributed by atoms with E-state index in [1.54, 1.807) is 38.1 Å². The lowest BCUT2D eigenvalue weighted by molar-refractivity contribution is -0.139. The third-order valence-corrected chi connectivity index (χ3v) is 6.96. The molecule has 1 aromatic heterocycles. The first-order valence-electron chi connectivity index (χ1n) is 10.8. The highest BCUT2D eigenvalue weighted by Crippen LogP contribution is 2.40. The molecule has 188 valence electrons. The number of hydrogen-bond acceptors (Lipinski definition) is 6. The van der Waals surface area contributed by atoms with Gasteiger partial charge < -0.3 is 14.6 Å². The highest BCUT2D eigenvalue weighted by atomic mass is 32.2. The van der Waals surface area contributed by atoms with Crippen molar-refractivity contribution in [3.05, 3.63) is 64.6 Å². The maximum Gasteiger partial charge on any atom is 0.387 e. The van der Waals surface area contributed by atoms with Gasteiger partial charge in [0.1, 0.15) is 22.8 Å². The van der Waals surface area contributed by atoms with Gasteiger partial charge in [0.05, 0.1) is 11.1 Å². The summed E-state index contributed by atoms with van der Waals surface area (Å²) >= 11 is 0. The van der Waals surface area contributed by atoms with Gasteiger partial charge in [0.2, 0.25) is 0 Å². The summed E-state index contributed by atoms with van der Waals surface area (Å²) in [6.07, 6.45) is 0.348. The number of aromatic nitrogens is 1. The summed E-state index contributed by atoms with van der Waals surface area (Å²) in [5.74, 6) is -2.72. The Hall–Kier alpha value is -3.34. The van der Waals surface area contributed by atoms with Crippen molar-refractivity contribution in [2.24, 2.45) is 0 Å². The molecule has 0 aliphatic heterocycles. The van der Waals surface area contributed by atoms with Crippen molar-refractivity contribution in [2.75, 3.05) is 12.4 Å². The SMILES string of the molecule is CCc1nc2c(F)ccc(OCC(=O)O)c2c(OC(F)F)c1Cc1ccc(CS(=O)(=O)CC)cc1. The van der Waals surface area contributed by atoms with Crippen molar-refractivity contribution in [1.82, 2.24) is 4.98 Å². The second-order valence-electron chi connectivity index (χ2n) is 7.72. The molecule has 0 aliphatic carbocycles. The Bertz CT molecular complexity index is 1330. The lowest BCUT2D eigenvalue weighted by Crippen LogP contribution is -2.13. The molecular formula is C24H24F3NO6S. The fourth-order valence-electron chi connectivity index (χ4n) is 3.63. The van der Waals surface area contributed by atoms with Gasteiger partial charge in [-0.3, -0.25) is 0 Å². The normalized spacial score (nSPS) is 11.7. The van der Waals surface area contributed by atoms with Crippen LogP contribution in [0.25, 0.3) is 10.9 Å². The molecule has 7 nitrogen and oxygen atoms in total. The van der Waals surface area contributed by atoms with Crippen molar-refractivity contribution in [2.45, 2.75) is 39.1 Å². The van der Waals surface area contributed by atoms with E-state index >= 15 is 0 Å². The van der Waals surface area contributed by atoms with Gasteiger partial charge in [0, 0.05) is 23.4 Å². The lowest BCUT2D eigenvalue weighted by Gasteiger charge is -2.19. The van der Waals surface area contributed by atoms with Crippen LogP contribution in [0.15, 0.2) is 36.4 Å². The number of ether oxygens (including phenoxy) is 2. The van der Waals surface area contributed by atoms with Gasteiger partial charge in [-0.2, -0.15) is 8.78 Å². The van der Waals surface area contributed by atoms with Crippen LogP contribution in [0.5, 0.6) is 11.5 Å². The zero-order chi connectivity index (χ0) is 25.8. The number of pyridine rings is 1. The van der Waals surface area contributed by atoms with Gasteiger partial charge in [-0.05, 0) is 29.7 Å². The number of carbonyl (C=O) groups is 1. The number of aliphatic carboxylic acids is 1. The van der Waals surface area contributed by atoms with Crippen LogP contribution in [0.4, 0.5) is 13.2 Å². The van der Waals surface area contributed by atoms with E-state index in [9.17, 15) is 26.4 Å². The number of fused-ring (bicyclic) bond motifs is 1. The minimum Gasteiger partial charge on any atom is -0.481 e. The van der Waals surface area contributed by atoms with E-state index in [4.69, 9.17) is 14.6 Å². The topological polar surface area (TPSA) is 103 Å². The lowest BCUT2D eigenvalue weighted by atomic mass is 9.97. The first-order valence-corrected chi connectivity index (χ1v) is 12.6. The molecule has 0 saturated carbocycles. The molecule has 0 radical (unpaired) electrons. The third-order valence-electron chi connectivity index (χ3n) is 5.31. The minimum atomic E-state index is -3.25. The van der Waals surface area contributed by atoms with Gasteiger partial charge in [-0.15, -0.1) is 0 Å². The van der Waals surface area contributed by atoms with Crippen molar-refractivity contribution in [3.63, 3.8) is 0 Å². The molecule has 0 amide bonds. The van der Waals surface area contributed by atoms with Gasteiger partial charge in [-0.25, -0.2) is 22.6 Å². The summed E-state index contributed by atoms with van der Waals surface area (Å²) in [7, 11) is -3.22. The molecule has 3 aromatic rings. The van der Waals surface area contributed by atoms with Gasteiger partial charge in [0.15, 0.2) is 16.4 Å². The van der Waals surface area contributed by atoms with E-state index in [0.29, 0.717) is 16.8 Å². The summed E-state index contributed by atoms with van der Waals surface area (Å²) in [4.78, 5) is 15.3. The van der Waals surface area contributed by atoms with Crippen LogP contribution in [0.1, 0.15) is 36.2 Å². The van der Waals surface area contributed by atoms with Crippen molar-refractivity contribution in [3.8, 4) is 11.5 Å². The Balaban J connectivity index is 2.14. The maximum atomic E-state index is 14.6. The molecule has 1 heterocycles. The Morgan fingerprint density at radius 1 is 1.09 bits per heavy atom. The van der Waals surface area contributed by atoms with E-state index in [0.717, 1.165) is 12.1 Å². The Labute approximate surface area is 200 Å². The first-order chi connectivity index (χ1) is 16.5. The highest BCUT2D eigenvalue weighted by molar-refractivity contribution is 7.90. The molecule has 0 aliphatic rings. The number of alkyl halides is 2. The number of nitrogens with zero attached hydrogens (tertiary/aromatic N) is 1. The number of carboxylic acid groups (broad SMARTS) is 1. The second-order valence-corrected chi connectivity index (χ2v) is 10.1. The van der Waals surface area contributed by atoms with Crippen molar-refractivity contribution in [1.29, 1.82) is 0 Å². The summed E-state index contributed by atoms with van der Waals surface area (Å²) < 4.78 is 75.4. The van der Waals surface area contributed by atoms with Gasteiger partial charge >= 0.3 is 12.6 Å². The average molecular weight is 512 g/mol. The molecule has 11 heteroatoms. The maximum absolute atomic E-state index is 14.6. The molecule has 0 spiro atoms. The molecular weight excluding hydrogens is 487 g/mol. The van der Waals surface area contributed by atoms with Crippen LogP contribution in [0.3, 0.4) is 0 Å². The van der Waals surface area contributed by atoms with Crippen molar-refractivity contribution < 1.29 is 41.0 Å². The van der Waals surface area contributed by atoms with Gasteiger partial charge in [-0.1, -0.05) is 38.1 Å². The number of halogens is 3. The van der Waals surface area contributed by atoms with E-state index < -0.39 is 34.8 Å². The predicted molar refractivity (Wildman–Crippen MR) is 123 cm³/mol. The van der Waals surface area contributed by atoms with E-state index in [-0.39, 0.29) is 52.3 Å². The van der Waals surface area contributed by atoms with E-state index in [1.807, 2.05) is 0 Å². The standard InChI is InChI=1S/C24H24F3NO6S/c1-3-18-16(11-14-5-7-15(8-6-14)13-35(31,32)4-2)23(34-24(26)27)21-19(33-12-20(29)30)10-9-17(25)22(21)28-18/h5-10,24H,3-4,11-13H2,1-2H3,(H,29,30). The third kappa shape index (κ3) is 6.41. The second kappa shape index (κ2) is 10.9. The highest BCUT2D eigenvalue weighted by Gasteiger charge is 2.24. The van der Waals surface area contributed by atoms with E-state index in [1.165, 1.54) is 0 Å². The van der Waals surface area contributed by atoms with Crippen LogP contribution >= 0.6 is 0 Å². The molecule has 2 aromatic carbocycles. The monoisotopic (exact) mass is 511 g/mol. The summed E-state index contributed by atoms with van der Waals surface area (Å²) in [6.45, 7) is -0.737. The van der Waals surface area contributed by atoms with E-state index in [2.05, 4.69) is 4.98 Å². The first kappa shape index (κ1) is 26.3. The van der Waals surface area contributed by atoms with Crippen LogP contribution in [-0.4, -0.2) is 43.4 Å². The number of hydrogen-bond donors (Lipinski definition) is 1. The number of benzene rings is 2. The number of sulfone groups is 1. The Kier molecular flexibility index (Phi) is 8.21. The number of rotatable bonds is 11. The zero-order valence-electron chi connectivity index (χ0n) is 19.1. The fourth-order valence-corrected chi connectivity index (χ4v) is 4.53. The van der Waals surface area contributed by atoms with Gasteiger partial charge in [0.25, 0.3) is 0 Å². The smallest absolute Gasteiger partial charge is 0.387 e. The zero-order valence-corrected chi connectivity index (χ0v) is 19.9. The molecule has 1 N–H and O–H groups in total. The largest absolute Gasteiger partial charge is 0.481 e. The summed E-state index contributed by atoms with van der Waals surface area (Å²) in [6, 6.07) is 8.77. The molecule has 0 saturated heterocycles. The van der Waals surface area contributed by atoms with Crippen molar-refractivity contribution >= 4 is 26.7 Å². The summed E-state index contributed by atoms with van der Waals surface area (Å²) in [5.41, 5.74) is 1.55. The summed E-state index contributed by atoms with van der Waals surface area (Å²) in [5, 5.41) is 8.76. The number of aryl methyl sites for hydroxylation is 1. The average Bonchev–Trinajstić information content (AvgIpc) is 2.80. The predicted octanol–water partition coefficient (Wildman–Crippen LogP) is 4.53. The quantitative estimate of drug-likeness (QED) is 0.404. The van der Waals surface area contributed by atoms with Crippen LogP contribution in [0, 0.1) is 5.82 Å². The van der Waals surface area contributed by atoms with Crippen LogP contribution < -0.4 is 9.47 Å². The Morgan fingerprint density at radius 2 is 1.74 bits per heavy atom.